The number of fused-ring (bicyclic) bond motifs is 1. The Labute approximate surface area is 136 Å². The molecule has 2 fully saturated rings. The number of amides is 1. The number of hydrogen-bond acceptors (Lipinski definition) is 3. The van der Waals surface area contributed by atoms with E-state index in [0.29, 0.717) is 6.42 Å². The van der Waals surface area contributed by atoms with Gasteiger partial charge in [-0.2, -0.15) is 0 Å². The van der Waals surface area contributed by atoms with E-state index in [1.54, 1.807) is 0 Å². The minimum atomic E-state index is -0.295. The van der Waals surface area contributed by atoms with E-state index in [-0.39, 0.29) is 35.2 Å². The lowest BCUT2D eigenvalue weighted by Crippen LogP contribution is -2.49. The van der Waals surface area contributed by atoms with Crippen LogP contribution >= 0.6 is 0 Å². The molecule has 4 nitrogen and oxygen atoms in total. The molecule has 2 heterocycles. The first kappa shape index (κ1) is 14.7. The number of benzene rings is 1. The summed E-state index contributed by atoms with van der Waals surface area (Å²) in [7, 11) is 1.45. The quantitative estimate of drug-likeness (QED) is 0.748. The largest absolute Gasteiger partial charge is 0.469 e. The molecule has 4 rings (SSSR count). The molecule has 4 heteroatoms. The molecule has 1 unspecified atom stereocenters. The molecule has 0 N–H and O–H groups in total. The van der Waals surface area contributed by atoms with Gasteiger partial charge in [0, 0.05) is 18.9 Å². The summed E-state index contributed by atoms with van der Waals surface area (Å²) in [5, 5.41) is 0. The zero-order valence-electron chi connectivity index (χ0n) is 14.0. The Kier molecular flexibility index (Phi) is 3.09. The Hall–Kier alpha value is -1.84. The van der Waals surface area contributed by atoms with Crippen molar-refractivity contribution in [3.63, 3.8) is 0 Å². The molecule has 1 aromatic carbocycles. The molecule has 2 aliphatic heterocycles. The summed E-state index contributed by atoms with van der Waals surface area (Å²) in [5.74, 6) is 0.131. The second kappa shape index (κ2) is 4.83. The molecular weight excluding hydrogens is 290 g/mol. The third kappa shape index (κ3) is 1.78. The van der Waals surface area contributed by atoms with Gasteiger partial charge in [-0.3, -0.25) is 9.59 Å². The molecule has 23 heavy (non-hydrogen) atoms. The monoisotopic (exact) mass is 313 g/mol. The molecule has 0 radical (unpaired) electrons. The highest BCUT2D eigenvalue weighted by Gasteiger charge is 2.65. The third-order valence-corrected chi connectivity index (χ3v) is 6.28. The van der Waals surface area contributed by atoms with E-state index in [1.165, 1.54) is 23.8 Å². The second-order valence-electron chi connectivity index (χ2n) is 7.42. The molecule has 0 aromatic heterocycles. The van der Waals surface area contributed by atoms with Crippen molar-refractivity contribution >= 4 is 11.9 Å². The maximum Gasteiger partial charge on any atom is 0.309 e. The summed E-state index contributed by atoms with van der Waals surface area (Å²) in [4.78, 5) is 27.1. The summed E-state index contributed by atoms with van der Waals surface area (Å²) in [6, 6.07) is 6.57. The maximum absolute atomic E-state index is 12.6. The Morgan fingerprint density at radius 1 is 1.39 bits per heavy atom. The van der Waals surface area contributed by atoms with Crippen LogP contribution in [0.25, 0.3) is 0 Å². The second-order valence-corrected chi connectivity index (χ2v) is 7.42. The smallest absolute Gasteiger partial charge is 0.309 e. The van der Waals surface area contributed by atoms with Crippen LogP contribution in [0.2, 0.25) is 0 Å². The summed E-state index contributed by atoms with van der Waals surface area (Å²) in [6.45, 7) is 5.00. The van der Waals surface area contributed by atoms with Crippen LogP contribution < -0.4 is 0 Å². The van der Waals surface area contributed by atoms with Gasteiger partial charge in [-0.15, -0.1) is 0 Å². The zero-order valence-corrected chi connectivity index (χ0v) is 14.0. The fourth-order valence-corrected chi connectivity index (χ4v) is 5.49. The molecule has 122 valence electrons. The number of carbonyl (C=O) groups is 2. The normalized spacial score (nSPS) is 34.8. The summed E-state index contributed by atoms with van der Waals surface area (Å²) < 4.78 is 5.06. The van der Waals surface area contributed by atoms with Crippen molar-refractivity contribution in [2.24, 2.45) is 17.8 Å². The van der Waals surface area contributed by atoms with Crippen molar-refractivity contribution in [1.82, 2.24) is 4.90 Å². The van der Waals surface area contributed by atoms with Gasteiger partial charge in [0.25, 0.3) is 0 Å². The van der Waals surface area contributed by atoms with E-state index in [0.717, 1.165) is 19.4 Å². The van der Waals surface area contributed by atoms with Crippen molar-refractivity contribution in [3.05, 3.63) is 34.9 Å². The average Bonchev–Trinajstić information content (AvgIpc) is 2.94. The van der Waals surface area contributed by atoms with Crippen molar-refractivity contribution in [2.75, 3.05) is 13.7 Å². The molecule has 1 aliphatic carbocycles. The highest BCUT2D eigenvalue weighted by atomic mass is 16.5. The van der Waals surface area contributed by atoms with Gasteiger partial charge in [-0.25, -0.2) is 0 Å². The lowest BCUT2D eigenvalue weighted by atomic mass is 9.74. The van der Waals surface area contributed by atoms with Gasteiger partial charge in [0.1, 0.15) is 0 Å². The van der Waals surface area contributed by atoms with E-state index in [2.05, 4.69) is 36.9 Å². The molecule has 1 saturated heterocycles. The molecule has 0 bridgehead atoms. The van der Waals surface area contributed by atoms with Crippen molar-refractivity contribution in [2.45, 2.75) is 38.6 Å². The number of aryl methyl sites for hydroxylation is 1. The molecule has 3 aliphatic rings. The van der Waals surface area contributed by atoms with Gasteiger partial charge in [0.05, 0.1) is 18.6 Å². The Balaban J connectivity index is 1.89. The summed E-state index contributed by atoms with van der Waals surface area (Å²) in [6.07, 6.45) is 2.24. The lowest BCUT2D eigenvalue weighted by molar-refractivity contribution is -0.148. The van der Waals surface area contributed by atoms with Crippen LogP contribution in [0.1, 0.15) is 36.5 Å². The van der Waals surface area contributed by atoms with E-state index in [1.807, 2.05) is 0 Å². The van der Waals surface area contributed by atoms with E-state index in [9.17, 15) is 9.59 Å². The minimum absolute atomic E-state index is 0.0409. The highest BCUT2D eigenvalue weighted by Crippen LogP contribution is 2.60. The van der Waals surface area contributed by atoms with Gasteiger partial charge in [-0.05, 0) is 36.8 Å². The van der Waals surface area contributed by atoms with Crippen molar-refractivity contribution in [3.8, 4) is 0 Å². The first-order valence-electron chi connectivity index (χ1n) is 8.47. The highest BCUT2D eigenvalue weighted by molar-refractivity contribution is 5.84. The summed E-state index contributed by atoms with van der Waals surface area (Å²) >= 11 is 0. The molecule has 1 aromatic rings. The predicted molar refractivity (Wildman–Crippen MR) is 85.7 cm³/mol. The van der Waals surface area contributed by atoms with Crippen LogP contribution in [-0.2, 0) is 26.3 Å². The van der Waals surface area contributed by atoms with E-state index >= 15 is 0 Å². The van der Waals surface area contributed by atoms with Gasteiger partial charge >= 0.3 is 5.97 Å². The minimum Gasteiger partial charge on any atom is -0.469 e. The Morgan fingerprint density at radius 2 is 2.17 bits per heavy atom. The fourth-order valence-electron chi connectivity index (χ4n) is 5.49. The number of ether oxygens (including phenoxy) is 1. The van der Waals surface area contributed by atoms with Crippen LogP contribution in [0.15, 0.2) is 18.2 Å². The van der Waals surface area contributed by atoms with Crippen LogP contribution in [-0.4, -0.2) is 30.4 Å². The fraction of sp³-hybridized carbons (Fsp3) is 0.579. The van der Waals surface area contributed by atoms with Crippen molar-refractivity contribution in [1.29, 1.82) is 0 Å². The zero-order chi connectivity index (χ0) is 16.4. The third-order valence-electron chi connectivity index (χ3n) is 6.28. The average molecular weight is 313 g/mol. The van der Waals surface area contributed by atoms with Crippen LogP contribution in [0.3, 0.4) is 0 Å². The number of methoxy groups -OCH3 is 1. The maximum atomic E-state index is 12.6. The topological polar surface area (TPSA) is 46.6 Å². The Morgan fingerprint density at radius 3 is 2.91 bits per heavy atom. The number of nitrogens with zero attached hydrogens (tertiary/aromatic N) is 1. The van der Waals surface area contributed by atoms with Gasteiger partial charge in [-0.1, -0.05) is 30.7 Å². The Bertz CT molecular complexity index is 698. The lowest BCUT2D eigenvalue weighted by Gasteiger charge is -2.44. The predicted octanol–water partition coefficient (Wildman–Crippen LogP) is 2.42. The van der Waals surface area contributed by atoms with Gasteiger partial charge < -0.3 is 9.64 Å². The molecular formula is C19H23NO3. The molecule has 4 atom stereocenters. The SMILES string of the molecule is COC(=O)[C@@H]1[C@@H](C)CC23c4ccc(C)cc4CCN2C(=O)C[C@@H]13. The number of carbonyl (C=O) groups excluding carboxylic acids is 2. The van der Waals surface area contributed by atoms with Gasteiger partial charge in [0.15, 0.2) is 0 Å². The summed E-state index contributed by atoms with van der Waals surface area (Å²) in [5.41, 5.74) is 3.57. The molecule has 1 saturated carbocycles. The van der Waals surface area contributed by atoms with Crippen LogP contribution in [0.5, 0.6) is 0 Å². The standard InChI is InChI=1S/C19H23NO3/c1-11-4-5-14-13(8-11)6-7-20-16(21)9-15-17(18(22)23-3)12(2)10-19(14,15)20/h4-5,8,12,15,17H,6-7,9-10H2,1-3H3/t12-,15-,17+,19?/m0/s1. The number of rotatable bonds is 1. The molecule has 1 amide bonds. The first-order valence-corrected chi connectivity index (χ1v) is 8.47. The number of hydrogen-bond donors (Lipinski definition) is 0. The number of esters is 1. The van der Waals surface area contributed by atoms with E-state index in [4.69, 9.17) is 4.74 Å². The first-order chi connectivity index (χ1) is 11.0. The van der Waals surface area contributed by atoms with Crippen LogP contribution in [0.4, 0.5) is 0 Å². The molecule has 1 spiro atoms. The van der Waals surface area contributed by atoms with Crippen molar-refractivity contribution < 1.29 is 14.3 Å². The van der Waals surface area contributed by atoms with Gasteiger partial charge in [0.2, 0.25) is 5.91 Å². The van der Waals surface area contributed by atoms with Crippen LogP contribution in [0, 0.1) is 24.7 Å². The van der Waals surface area contributed by atoms with E-state index < -0.39 is 0 Å².